The number of likely N-dealkylation sites (tertiary alicyclic amines) is 1. The number of benzene rings is 1. The van der Waals surface area contributed by atoms with E-state index in [2.05, 4.69) is 20.5 Å². The minimum atomic E-state index is -2.93. The summed E-state index contributed by atoms with van der Waals surface area (Å²) in [7, 11) is -2.93. The van der Waals surface area contributed by atoms with Gasteiger partial charge in [-0.25, -0.2) is 17.8 Å². The van der Waals surface area contributed by atoms with Gasteiger partial charge in [-0.05, 0) is 44.9 Å². The maximum Gasteiger partial charge on any atom is 0.191 e. The van der Waals surface area contributed by atoms with Crippen molar-refractivity contribution in [2.75, 3.05) is 38.2 Å². The topological polar surface area (TPSA) is 86.9 Å². The van der Waals surface area contributed by atoms with Crippen molar-refractivity contribution in [3.05, 3.63) is 35.3 Å². The van der Waals surface area contributed by atoms with Crippen molar-refractivity contribution in [3.63, 3.8) is 0 Å². The number of hydrogen-bond donors (Lipinski definition) is 2. The molecule has 7 nitrogen and oxygen atoms in total. The van der Waals surface area contributed by atoms with Gasteiger partial charge >= 0.3 is 0 Å². The molecule has 0 radical (unpaired) electrons. The zero-order chi connectivity index (χ0) is 21.7. The molecule has 1 aromatic carbocycles. The van der Waals surface area contributed by atoms with Crippen molar-refractivity contribution in [2.45, 2.75) is 39.3 Å². The fraction of sp³-hybridized carbons (Fsp3) is 0.571. The highest BCUT2D eigenvalue weighted by Gasteiger charge is 2.21. The molecule has 2 aromatic rings. The van der Waals surface area contributed by atoms with E-state index in [0.29, 0.717) is 18.7 Å². The molecule has 0 bridgehead atoms. The Kier molecular flexibility index (Phi) is 9.56. The van der Waals surface area contributed by atoms with Crippen LogP contribution in [-0.2, 0) is 16.4 Å². The average molecular weight is 566 g/mol. The Labute approximate surface area is 200 Å². The van der Waals surface area contributed by atoms with Gasteiger partial charge in [0.2, 0.25) is 0 Å². The number of hydrogen-bond acceptors (Lipinski definition) is 5. The first kappa shape index (κ1) is 25.9. The van der Waals surface area contributed by atoms with Crippen molar-refractivity contribution >= 4 is 50.7 Å². The summed E-state index contributed by atoms with van der Waals surface area (Å²) < 4.78 is 42.1. The number of piperidine rings is 1. The fourth-order valence-corrected chi connectivity index (χ4v) is 4.24. The maximum absolute atomic E-state index is 13.5. The standard InChI is InChI=1S/C21H31FN4O3S.HI/c1-4-23-21(25-17-7-9-26(10-8-17)11-12-30(3,27)28)24-14-20-15(2)18-13-16(22)5-6-19(18)29-20;/h5-6,13,17H,4,7-12,14H2,1-3H3,(H2,23,24,25);1H. The summed E-state index contributed by atoms with van der Waals surface area (Å²) in [6, 6.07) is 4.81. The number of sulfone groups is 1. The van der Waals surface area contributed by atoms with E-state index in [1.807, 2.05) is 13.8 Å². The van der Waals surface area contributed by atoms with Crippen molar-refractivity contribution in [1.29, 1.82) is 0 Å². The zero-order valence-corrected chi connectivity index (χ0v) is 21.4. The first-order valence-corrected chi connectivity index (χ1v) is 12.4. The summed E-state index contributed by atoms with van der Waals surface area (Å²) in [5, 5.41) is 7.52. The molecule has 0 saturated carbocycles. The van der Waals surface area contributed by atoms with Gasteiger partial charge in [0.25, 0.3) is 0 Å². The third-order valence-corrected chi connectivity index (χ3v) is 6.35. The van der Waals surface area contributed by atoms with Crippen LogP contribution in [-0.4, -0.2) is 63.5 Å². The number of aryl methyl sites for hydroxylation is 1. The summed E-state index contributed by atoms with van der Waals surface area (Å²) in [4.78, 5) is 6.85. The van der Waals surface area contributed by atoms with Crippen LogP contribution in [0.3, 0.4) is 0 Å². The van der Waals surface area contributed by atoms with E-state index in [0.717, 1.165) is 55.1 Å². The van der Waals surface area contributed by atoms with Crippen LogP contribution < -0.4 is 10.6 Å². The quantitative estimate of drug-likeness (QED) is 0.305. The third-order valence-electron chi connectivity index (χ3n) is 5.43. The monoisotopic (exact) mass is 566 g/mol. The van der Waals surface area contributed by atoms with E-state index in [4.69, 9.17) is 4.42 Å². The lowest BCUT2D eigenvalue weighted by molar-refractivity contribution is 0.216. The van der Waals surface area contributed by atoms with Gasteiger partial charge in [0.05, 0.1) is 5.75 Å². The minimum absolute atomic E-state index is 0. The van der Waals surface area contributed by atoms with Crippen molar-refractivity contribution in [2.24, 2.45) is 4.99 Å². The Bertz CT molecular complexity index is 1000. The van der Waals surface area contributed by atoms with E-state index in [9.17, 15) is 12.8 Å². The van der Waals surface area contributed by atoms with E-state index < -0.39 is 9.84 Å². The highest BCUT2D eigenvalue weighted by molar-refractivity contribution is 14.0. The molecule has 31 heavy (non-hydrogen) atoms. The molecule has 174 valence electrons. The second-order valence-corrected chi connectivity index (χ2v) is 10.1. The van der Waals surface area contributed by atoms with Gasteiger partial charge in [-0.2, -0.15) is 0 Å². The first-order chi connectivity index (χ1) is 14.2. The van der Waals surface area contributed by atoms with Gasteiger partial charge < -0.3 is 20.0 Å². The van der Waals surface area contributed by atoms with E-state index in [1.54, 1.807) is 6.07 Å². The molecule has 0 atom stereocenters. The molecule has 1 aliphatic heterocycles. The van der Waals surface area contributed by atoms with Gasteiger partial charge in [-0.3, -0.25) is 0 Å². The Hall–Kier alpha value is -1.40. The highest BCUT2D eigenvalue weighted by Crippen LogP contribution is 2.26. The molecular formula is C21H32FIN4O3S. The molecule has 1 fully saturated rings. The lowest BCUT2D eigenvalue weighted by atomic mass is 10.1. The molecule has 3 rings (SSSR count). The van der Waals surface area contributed by atoms with Crippen LogP contribution in [0.25, 0.3) is 11.0 Å². The van der Waals surface area contributed by atoms with Crippen LogP contribution in [0.2, 0.25) is 0 Å². The summed E-state index contributed by atoms with van der Waals surface area (Å²) in [6.07, 6.45) is 3.13. The number of aliphatic imine (C=N–C) groups is 1. The van der Waals surface area contributed by atoms with Crippen LogP contribution in [0.5, 0.6) is 0 Å². The number of halogens is 2. The van der Waals surface area contributed by atoms with Crippen LogP contribution in [0.4, 0.5) is 4.39 Å². The Morgan fingerprint density at radius 2 is 2.03 bits per heavy atom. The molecule has 0 amide bonds. The Morgan fingerprint density at radius 1 is 1.32 bits per heavy atom. The smallest absolute Gasteiger partial charge is 0.191 e. The number of furan rings is 1. The molecule has 10 heteroatoms. The second kappa shape index (κ2) is 11.5. The first-order valence-electron chi connectivity index (χ1n) is 10.4. The van der Waals surface area contributed by atoms with Gasteiger partial charge in [-0.1, -0.05) is 0 Å². The number of rotatable bonds is 7. The Morgan fingerprint density at radius 3 is 2.68 bits per heavy atom. The average Bonchev–Trinajstić information content (AvgIpc) is 3.00. The molecule has 0 aliphatic carbocycles. The lowest BCUT2D eigenvalue weighted by Crippen LogP contribution is -2.49. The van der Waals surface area contributed by atoms with Crippen LogP contribution >= 0.6 is 24.0 Å². The normalized spacial score (nSPS) is 16.3. The second-order valence-electron chi connectivity index (χ2n) is 7.88. The predicted octanol–water partition coefficient (Wildman–Crippen LogP) is 3.06. The van der Waals surface area contributed by atoms with Gasteiger partial charge in [-0.15, -0.1) is 24.0 Å². The maximum atomic E-state index is 13.5. The lowest BCUT2D eigenvalue weighted by Gasteiger charge is -2.32. The molecule has 1 saturated heterocycles. The molecule has 0 unspecified atom stereocenters. The Balaban J connectivity index is 0.00000341. The van der Waals surface area contributed by atoms with Crippen molar-refractivity contribution < 1.29 is 17.2 Å². The van der Waals surface area contributed by atoms with Gasteiger partial charge in [0.1, 0.15) is 33.5 Å². The number of guanidine groups is 1. The highest BCUT2D eigenvalue weighted by atomic mass is 127. The van der Waals surface area contributed by atoms with Crippen LogP contribution in [0.15, 0.2) is 27.6 Å². The van der Waals surface area contributed by atoms with Gasteiger partial charge in [0, 0.05) is 49.4 Å². The molecule has 0 spiro atoms. The third kappa shape index (κ3) is 7.60. The summed E-state index contributed by atoms with van der Waals surface area (Å²) in [5.41, 5.74) is 1.57. The molecular weight excluding hydrogens is 534 g/mol. The van der Waals surface area contributed by atoms with E-state index in [1.165, 1.54) is 18.4 Å². The number of fused-ring (bicyclic) bond motifs is 1. The molecule has 1 aliphatic rings. The summed E-state index contributed by atoms with van der Waals surface area (Å²) in [6.45, 7) is 7.35. The predicted molar refractivity (Wildman–Crippen MR) is 133 cm³/mol. The van der Waals surface area contributed by atoms with E-state index in [-0.39, 0.29) is 41.6 Å². The zero-order valence-electron chi connectivity index (χ0n) is 18.3. The molecule has 2 heterocycles. The fourth-order valence-electron chi connectivity index (χ4n) is 3.65. The summed E-state index contributed by atoms with van der Waals surface area (Å²) in [5.74, 6) is 1.37. The number of nitrogens with zero attached hydrogens (tertiary/aromatic N) is 2. The van der Waals surface area contributed by atoms with Crippen LogP contribution in [0.1, 0.15) is 31.1 Å². The minimum Gasteiger partial charge on any atom is -0.459 e. The molecule has 2 N–H and O–H groups in total. The van der Waals surface area contributed by atoms with E-state index >= 15 is 0 Å². The van der Waals surface area contributed by atoms with Gasteiger partial charge in [0.15, 0.2) is 5.96 Å². The largest absolute Gasteiger partial charge is 0.459 e. The molecule has 1 aromatic heterocycles. The van der Waals surface area contributed by atoms with Crippen LogP contribution in [0, 0.1) is 12.7 Å². The number of nitrogens with one attached hydrogen (secondary N) is 2. The SMILES string of the molecule is CCNC(=NCc1oc2ccc(F)cc2c1C)NC1CCN(CCS(C)(=O)=O)CC1.I. The van der Waals surface area contributed by atoms with Crippen molar-refractivity contribution in [3.8, 4) is 0 Å². The van der Waals surface area contributed by atoms with Crippen molar-refractivity contribution in [1.82, 2.24) is 15.5 Å². The summed E-state index contributed by atoms with van der Waals surface area (Å²) >= 11 is 0.